The van der Waals surface area contributed by atoms with E-state index in [2.05, 4.69) is 34.6 Å². The van der Waals surface area contributed by atoms with Crippen LogP contribution in [0.15, 0.2) is 0 Å². The molecule has 0 aromatic heterocycles. The van der Waals surface area contributed by atoms with Gasteiger partial charge in [0.1, 0.15) is 19.3 Å². The Labute approximate surface area is 658 Å². The number of ether oxygens (including phenoxy) is 4. The molecule has 636 valence electrons. The van der Waals surface area contributed by atoms with Crippen LogP contribution >= 0.6 is 15.6 Å². The van der Waals surface area contributed by atoms with Gasteiger partial charge in [-0.25, -0.2) is 9.13 Å². The van der Waals surface area contributed by atoms with Crippen LogP contribution in [0.1, 0.15) is 478 Å². The SMILES string of the molecule is CCCCCCCCCCCCCCCCCCCCCCCCC(=O)O[C@H](COC(=O)CCCCCCCCCCCCCCCCCCCCCC)COP(=O)(O)OC[C@@H](O)COP(=O)(O)OC[C@@H](COC(=O)CCCCCCCCC)OC(=O)CCCCCCCCCCCCCCCCC(C)CC. The number of aliphatic hydroxyl groups excluding tert-OH is 1. The minimum absolute atomic E-state index is 0.108. The summed E-state index contributed by atoms with van der Waals surface area (Å²) in [6.07, 6.45) is 75.3. The highest BCUT2D eigenvalue weighted by molar-refractivity contribution is 7.47. The molecule has 0 radical (unpaired) electrons. The number of unbranched alkanes of at least 4 members (excludes halogenated alkanes) is 59. The molecule has 6 atom stereocenters. The summed E-state index contributed by atoms with van der Waals surface area (Å²) in [4.78, 5) is 73.1. The zero-order valence-corrected chi connectivity index (χ0v) is 72.1. The Morgan fingerprint density at radius 3 is 0.664 bits per heavy atom. The summed E-state index contributed by atoms with van der Waals surface area (Å²) in [6, 6.07) is 0. The number of aliphatic hydroxyl groups is 1. The molecule has 0 amide bonds. The van der Waals surface area contributed by atoms with Crippen molar-refractivity contribution in [3.8, 4) is 0 Å². The molecule has 3 N–H and O–H groups in total. The van der Waals surface area contributed by atoms with Gasteiger partial charge in [-0.3, -0.25) is 37.3 Å². The zero-order chi connectivity index (χ0) is 78.3. The molecule has 0 aromatic rings. The number of esters is 4. The first-order valence-corrected chi connectivity index (χ1v) is 48.7. The third kappa shape index (κ3) is 80.5. The molecule has 0 rings (SSSR count). The van der Waals surface area contributed by atoms with E-state index in [0.29, 0.717) is 25.7 Å². The summed E-state index contributed by atoms with van der Waals surface area (Å²) in [5.41, 5.74) is 0. The van der Waals surface area contributed by atoms with Crippen molar-refractivity contribution in [3.05, 3.63) is 0 Å². The monoisotopic (exact) mass is 1560 g/mol. The normalized spacial score (nSPS) is 14.0. The van der Waals surface area contributed by atoms with Crippen molar-refractivity contribution >= 4 is 39.5 Å². The molecule has 107 heavy (non-hydrogen) atoms. The molecule has 0 saturated heterocycles. The molecule has 0 aliphatic rings. The Balaban J connectivity index is 5.15. The number of phosphoric acid groups is 2. The highest BCUT2D eigenvalue weighted by Gasteiger charge is 2.30. The number of carbonyl (C=O) groups excluding carboxylic acids is 4. The van der Waals surface area contributed by atoms with E-state index in [4.69, 9.17) is 37.0 Å². The lowest BCUT2D eigenvalue weighted by atomic mass is 9.99. The Morgan fingerprint density at radius 1 is 0.262 bits per heavy atom. The number of phosphoric ester groups is 2. The van der Waals surface area contributed by atoms with Gasteiger partial charge in [0, 0.05) is 25.7 Å². The zero-order valence-electron chi connectivity index (χ0n) is 70.3. The molecule has 0 aliphatic carbocycles. The summed E-state index contributed by atoms with van der Waals surface area (Å²) in [5.74, 6) is -1.26. The Kier molecular flexibility index (Phi) is 79.2. The van der Waals surface area contributed by atoms with Gasteiger partial charge in [-0.1, -0.05) is 426 Å². The highest BCUT2D eigenvalue weighted by Crippen LogP contribution is 2.45. The average molecular weight is 1560 g/mol. The Hall–Kier alpha value is -1.94. The fourth-order valence-corrected chi connectivity index (χ4v) is 15.4. The van der Waals surface area contributed by atoms with Gasteiger partial charge in [0.15, 0.2) is 12.2 Å². The Morgan fingerprint density at radius 2 is 0.449 bits per heavy atom. The van der Waals surface area contributed by atoms with Crippen LogP contribution in [0.2, 0.25) is 0 Å². The second kappa shape index (κ2) is 80.7. The van der Waals surface area contributed by atoms with Crippen molar-refractivity contribution in [1.82, 2.24) is 0 Å². The average Bonchev–Trinajstić information content (AvgIpc) is 0.902. The van der Waals surface area contributed by atoms with Crippen LogP contribution in [0.25, 0.3) is 0 Å². The summed E-state index contributed by atoms with van der Waals surface area (Å²) < 4.78 is 68.8. The predicted molar refractivity (Wildman–Crippen MR) is 442 cm³/mol. The second-order valence-electron chi connectivity index (χ2n) is 31.9. The van der Waals surface area contributed by atoms with Crippen LogP contribution in [0, 0.1) is 5.92 Å². The summed E-state index contributed by atoms with van der Waals surface area (Å²) in [6.45, 7) is 7.38. The first kappa shape index (κ1) is 105. The Bertz CT molecular complexity index is 2030. The molecular weight excluding hydrogens is 1390 g/mol. The van der Waals surface area contributed by atoms with E-state index < -0.39 is 97.5 Å². The van der Waals surface area contributed by atoms with Crippen molar-refractivity contribution in [2.24, 2.45) is 5.92 Å². The van der Waals surface area contributed by atoms with Crippen LogP contribution in [-0.4, -0.2) is 96.7 Å². The van der Waals surface area contributed by atoms with Crippen LogP contribution in [0.4, 0.5) is 0 Å². The summed E-state index contributed by atoms with van der Waals surface area (Å²) in [5, 5.41) is 10.7. The topological polar surface area (TPSA) is 237 Å². The number of hydrogen-bond acceptors (Lipinski definition) is 15. The van der Waals surface area contributed by atoms with Gasteiger partial charge in [0.05, 0.1) is 26.4 Å². The molecule has 0 spiro atoms. The quantitative estimate of drug-likeness (QED) is 0.0222. The molecule has 3 unspecified atom stereocenters. The van der Waals surface area contributed by atoms with Crippen molar-refractivity contribution in [2.75, 3.05) is 39.6 Å². The largest absolute Gasteiger partial charge is 0.472 e. The number of rotatable bonds is 88. The first-order chi connectivity index (χ1) is 52.1. The molecule has 19 heteroatoms. The van der Waals surface area contributed by atoms with Crippen molar-refractivity contribution in [1.29, 1.82) is 0 Å². The van der Waals surface area contributed by atoms with Crippen molar-refractivity contribution < 1.29 is 80.2 Å². The lowest BCUT2D eigenvalue weighted by Crippen LogP contribution is -2.30. The van der Waals surface area contributed by atoms with Crippen LogP contribution in [-0.2, 0) is 65.4 Å². The first-order valence-electron chi connectivity index (χ1n) is 45.7. The second-order valence-corrected chi connectivity index (χ2v) is 34.8. The van der Waals surface area contributed by atoms with E-state index in [0.717, 1.165) is 109 Å². The molecule has 17 nitrogen and oxygen atoms in total. The molecule has 0 bridgehead atoms. The maximum Gasteiger partial charge on any atom is 0.472 e. The predicted octanol–water partition coefficient (Wildman–Crippen LogP) is 27.2. The fourth-order valence-electron chi connectivity index (χ4n) is 13.8. The van der Waals surface area contributed by atoms with E-state index in [1.807, 2.05) is 0 Å². The maximum atomic E-state index is 13.2. The third-order valence-corrected chi connectivity index (χ3v) is 23.0. The molecule has 0 aliphatic heterocycles. The number of carbonyl (C=O) groups is 4. The van der Waals surface area contributed by atoms with Gasteiger partial charge in [0.25, 0.3) is 0 Å². The molecule has 0 aromatic carbocycles. The van der Waals surface area contributed by atoms with E-state index in [9.17, 15) is 43.2 Å². The standard InChI is InChI=1S/C88H172O17P2/c1-6-10-13-16-19-21-23-25-27-29-31-33-34-36-38-40-45-49-53-58-63-68-74-88(93)105-84(78-99-86(91)72-67-62-57-52-48-44-39-37-35-32-30-28-26-24-22-20-17-14-11-7-2)80-103-107(96,97)101-76-82(89)75-100-106(94,95)102-79-83(77-98-85(90)71-66-61-55-18-15-12-8-3)104-87(92)73-69-64-59-54-50-46-42-41-43-47-51-56-60-65-70-81(5)9-4/h81-84,89H,6-80H2,1-5H3,(H,94,95)(H,96,97)/t81?,82-,83+,84+/m0/s1. The van der Waals surface area contributed by atoms with E-state index in [1.54, 1.807) is 0 Å². The minimum Gasteiger partial charge on any atom is -0.462 e. The number of hydrogen-bond donors (Lipinski definition) is 3. The highest BCUT2D eigenvalue weighted by atomic mass is 31.2. The fraction of sp³-hybridized carbons (Fsp3) is 0.955. The lowest BCUT2D eigenvalue weighted by Gasteiger charge is -2.21. The van der Waals surface area contributed by atoms with E-state index in [-0.39, 0.29) is 25.7 Å². The van der Waals surface area contributed by atoms with Gasteiger partial charge < -0.3 is 33.8 Å². The van der Waals surface area contributed by atoms with Crippen LogP contribution in [0.3, 0.4) is 0 Å². The van der Waals surface area contributed by atoms with Crippen LogP contribution in [0.5, 0.6) is 0 Å². The summed E-state index contributed by atoms with van der Waals surface area (Å²) in [7, 11) is -9.92. The summed E-state index contributed by atoms with van der Waals surface area (Å²) >= 11 is 0. The van der Waals surface area contributed by atoms with Gasteiger partial charge >= 0.3 is 39.5 Å². The smallest absolute Gasteiger partial charge is 0.462 e. The molecule has 0 saturated carbocycles. The minimum atomic E-state index is -4.97. The van der Waals surface area contributed by atoms with Crippen molar-refractivity contribution in [2.45, 2.75) is 496 Å². The molecular formula is C88H172O17P2. The van der Waals surface area contributed by atoms with E-state index in [1.165, 1.54) is 289 Å². The third-order valence-electron chi connectivity index (χ3n) is 21.1. The van der Waals surface area contributed by atoms with Crippen LogP contribution < -0.4 is 0 Å². The van der Waals surface area contributed by atoms with E-state index >= 15 is 0 Å². The van der Waals surface area contributed by atoms with Gasteiger partial charge in [-0.2, -0.15) is 0 Å². The molecule has 0 fully saturated rings. The molecule has 0 heterocycles. The van der Waals surface area contributed by atoms with Crippen molar-refractivity contribution in [3.63, 3.8) is 0 Å². The maximum absolute atomic E-state index is 13.2. The van der Waals surface area contributed by atoms with Gasteiger partial charge in [-0.05, 0) is 31.6 Å². The van der Waals surface area contributed by atoms with Gasteiger partial charge in [0.2, 0.25) is 0 Å². The van der Waals surface area contributed by atoms with Gasteiger partial charge in [-0.15, -0.1) is 0 Å². The lowest BCUT2D eigenvalue weighted by molar-refractivity contribution is -0.161.